The number of hydrogen-bond donors (Lipinski definition) is 0. The summed E-state index contributed by atoms with van der Waals surface area (Å²) in [6, 6.07) is 1.27. The van der Waals surface area contributed by atoms with Crippen molar-refractivity contribution in [2.24, 2.45) is 0 Å². The Morgan fingerprint density at radius 2 is 2.15 bits per heavy atom. The lowest BCUT2D eigenvalue weighted by Crippen LogP contribution is -2.48. The van der Waals surface area contributed by atoms with Gasteiger partial charge < -0.3 is 9.64 Å². The minimum Gasteiger partial charge on any atom is -0.458 e. The highest BCUT2D eigenvalue weighted by Crippen LogP contribution is 2.32. The first-order valence-corrected chi connectivity index (χ1v) is 8.12. The summed E-state index contributed by atoms with van der Waals surface area (Å²) in [5.41, 5.74) is 0.157. The zero-order valence-corrected chi connectivity index (χ0v) is 14.4. The molecule has 4 nitrogen and oxygen atoms in total. The van der Waals surface area contributed by atoms with Crippen molar-refractivity contribution in [2.45, 2.75) is 45.8 Å². The molecule has 0 saturated heterocycles. The van der Waals surface area contributed by atoms with E-state index in [-0.39, 0.29) is 11.9 Å². The van der Waals surface area contributed by atoms with Crippen LogP contribution in [-0.2, 0) is 16.0 Å². The molecule has 1 atom stereocenters. The molecule has 20 heavy (non-hydrogen) atoms. The van der Waals surface area contributed by atoms with Crippen molar-refractivity contribution in [1.29, 1.82) is 0 Å². The summed E-state index contributed by atoms with van der Waals surface area (Å²) in [5.74, 6) is -0.449. The summed E-state index contributed by atoms with van der Waals surface area (Å²) in [6.45, 7) is 7.74. The third-order valence-electron chi connectivity index (χ3n) is 3.07. The lowest BCUT2D eigenvalue weighted by atomic mass is 10.1. The van der Waals surface area contributed by atoms with Crippen molar-refractivity contribution in [3.05, 3.63) is 20.3 Å². The lowest BCUT2D eigenvalue weighted by molar-refractivity contribution is -0.159. The van der Waals surface area contributed by atoms with Gasteiger partial charge in [-0.05, 0) is 49.7 Å². The van der Waals surface area contributed by atoms with Gasteiger partial charge in [0.1, 0.15) is 11.6 Å². The van der Waals surface area contributed by atoms with Gasteiger partial charge >= 0.3 is 5.97 Å². The fourth-order valence-electron chi connectivity index (χ4n) is 2.12. The van der Waals surface area contributed by atoms with Crippen molar-refractivity contribution >= 4 is 39.1 Å². The van der Waals surface area contributed by atoms with Gasteiger partial charge in [-0.1, -0.05) is 0 Å². The maximum Gasteiger partial charge on any atom is 0.329 e. The highest BCUT2D eigenvalue weighted by Gasteiger charge is 2.34. The number of ether oxygens (including phenoxy) is 1. The van der Waals surface area contributed by atoms with E-state index in [9.17, 15) is 9.59 Å². The highest BCUT2D eigenvalue weighted by atomic mass is 79.9. The molecule has 0 saturated carbocycles. The summed E-state index contributed by atoms with van der Waals surface area (Å²) in [7, 11) is 0. The van der Waals surface area contributed by atoms with Crippen LogP contribution in [0.2, 0.25) is 0 Å². The van der Waals surface area contributed by atoms with Crippen LogP contribution in [0.25, 0.3) is 0 Å². The average Bonchev–Trinajstić information content (AvgIpc) is 2.68. The summed E-state index contributed by atoms with van der Waals surface area (Å²) in [4.78, 5) is 27.2. The molecule has 2 rings (SSSR count). The van der Waals surface area contributed by atoms with Gasteiger partial charge in [-0.25, -0.2) is 4.79 Å². The standard InChI is InChI=1S/C14H18BrNO3S/c1-8(13(18)19-14(2,3)4)16-6-5-10-9(12(16)17)7-11(15)20-10/h7-8H,5-6H2,1-4H3. The van der Waals surface area contributed by atoms with Gasteiger partial charge in [0.15, 0.2) is 0 Å². The number of fused-ring (bicyclic) bond motifs is 1. The van der Waals surface area contributed by atoms with Crippen LogP contribution in [0.5, 0.6) is 0 Å². The van der Waals surface area contributed by atoms with Crippen LogP contribution in [0.15, 0.2) is 9.85 Å². The largest absolute Gasteiger partial charge is 0.458 e. The molecule has 0 fully saturated rings. The third kappa shape index (κ3) is 3.23. The molecule has 0 spiro atoms. The van der Waals surface area contributed by atoms with E-state index in [1.165, 1.54) is 0 Å². The monoisotopic (exact) mass is 359 g/mol. The number of carbonyl (C=O) groups excluding carboxylic acids is 2. The molecular formula is C14H18BrNO3S. The lowest BCUT2D eigenvalue weighted by Gasteiger charge is -2.32. The predicted octanol–water partition coefficient (Wildman–Crippen LogP) is 3.24. The van der Waals surface area contributed by atoms with Crippen molar-refractivity contribution in [2.75, 3.05) is 6.54 Å². The molecule has 0 bridgehead atoms. The van der Waals surface area contributed by atoms with Gasteiger partial charge in [0.25, 0.3) is 5.91 Å². The van der Waals surface area contributed by atoms with Gasteiger partial charge in [0, 0.05) is 17.8 Å². The zero-order chi connectivity index (χ0) is 15.1. The molecule has 110 valence electrons. The van der Waals surface area contributed by atoms with Crippen molar-refractivity contribution in [3.8, 4) is 0 Å². The quantitative estimate of drug-likeness (QED) is 0.761. The number of rotatable bonds is 2. The number of esters is 1. The average molecular weight is 360 g/mol. The zero-order valence-electron chi connectivity index (χ0n) is 12.0. The second-order valence-electron chi connectivity index (χ2n) is 5.85. The number of hydrogen-bond acceptors (Lipinski definition) is 4. The van der Waals surface area contributed by atoms with Crippen molar-refractivity contribution < 1.29 is 14.3 Å². The van der Waals surface area contributed by atoms with Crippen LogP contribution < -0.4 is 0 Å². The SMILES string of the molecule is CC(C(=O)OC(C)(C)C)N1CCc2sc(Br)cc2C1=O. The molecule has 2 heterocycles. The van der Waals surface area contributed by atoms with E-state index in [0.717, 1.165) is 15.1 Å². The van der Waals surface area contributed by atoms with Crippen LogP contribution in [0.1, 0.15) is 42.9 Å². The fourth-order valence-corrected chi connectivity index (χ4v) is 3.80. The minimum absolute atomic E-state index is 0.0911. The van der Waals surface area contributed by atoms with E-state index in [1.54, 1.807) is 23.2 Å². The first-order valence-electron chi connectivity index (χ1n) is 6.51. The molecule has 1 aromatic rings. The highest BCUT2D eigenvalue weighted by molar-refractivity contribution is 9.11. The van der Waals surface area contributed by atoms with Gasteiger partial charge in [-0.2, -0.15) is 0 Å². The smallest absolute Gasteiger partial charge is 0.329 e. The first-order chi connectivity index (χ1) is 9.19. The number of nitrogens with zero attached hydrogens (tertiary/aromatic N) is 1. The maximum atomic E-state index is 12.4. The third-order valence-corrected chi connectivity index (χ3v) is 4.76. The van der Waals surface area contributed by atoms with E-state index in [2.05, 4.69) is 15.9 Å². The molecule has 1 unspecified atom stereocenters. The summed E-state index contributed by atoms with van der Waals surface area (Å²) in [5, 5.41) is 0. The van der Waals surface area contributed by atoms with Crippen molar-refractivity contribution in [3.63, 3.8) is 0 Å². The molecule has 6 heteroatoms. The van der Waals surface area contributed by atoms with Gasteiger partial charge in [-0.3, -0.25) is 4.79 Å². The number of amides is 1. The van der Waals surface area contributed by atoms with E-state index >= 15 is 0 Å². The predicted molar refractivity (Wildman–Crippen MR) is 82.1 cm³/mol. The maximum absolute atomic E-state index is 12.4. The molecule has 1 aliphatic heterocycles. The Hall–Kier alpha value is -0.880. The van der Waals surface area contributed by atoms with Crippen LogP contribution in [-0.4, -0.2) is 35.0 Å². The van der Waals surface area contributed by atoms with Crippen LogP contribution in [0.3, 0.4) is 0 Å². The van der Waals surface area contributed by atoms with E-state index in [0.29, 0.717) is 12.1 Å². The summed E-state index contributed by atoms with van der Waals surface area (Å²) >= 11 is 4.98. The second kappa shape index (κ2) is 5.48. The number of carbonyl (C=O) groups is 2. The summed E-state index contributed by atoms with van der Waals surface area (Å²) < 4.78 is 6.30. The molecule has 1 amide bonds. The Morgan fingerprint density at radius 1 is 1.50 bits per heavy atom. The van der Waals surface area contributed by atoms with Crippen molar-refractivity contribution in [1.82, 2.24) is 4.90 Å². The molecule has 0 N–H and O–H groups in total. The van der Waals surface area contributed by atoms with Crippen LogP contribution >= 0.6 is 27.3 Å². The van der Waals surface area contributed by atoms with Gasteiger partial charge in [0.2, 0.25) is 0 Å². The topological polar surface area (TPSA) is 46.6 Å². The normalized spacial score (nSPS) is 16.9. The van der Waals surface area contributed by atoms with Gasteiger partial charge in [0.05, 0.1) is 9.35 Å². The molecule has 1 aromatic heterocycles. The molecule has 1 aliphatic rings. The van der Waals surface area contributed by atoms with E-state index in [4.69, 9.17) is 4.74 Å². The Kier molecular flexibility index (Phi) is 4.25. The Bertz CT molecular complexity index is 547. The summed E-state index contributed by atoms with van der Waals surface area (Å²) in [6.07, 6.45) is 0.782. The molecule has 0 aromatic carbocycles. The minimum atomic E-state index is -0.562. The van der Waals surface area contributed by atoms with Gasteiger partial charge in [-0.15, -0.1) is 11.3 Å². The second-order valence-corrected chi connectivity index (χ2v) is 8.36. The number of thiophene rings is 1. The van der Waals surface area contributed by atoms with E-state index < -0.39 is 11.6 Å². The Balaban J connectivity index is 2.15. The van der Waals surface area contributed by atoms with Crippen LogP contribution in [0, 0.1) is 0 Å². The molecule has 0 radical (unpaired) electrons. The fraction of sp³-hybridized carbons (Fsp3) is 0.571. The first kappa shape index (κ1) is 15.5. The number of halogens is 1. The Morgan fingerprint density at radius 3 is 2.75 bits per heavy atom. The Labute approximate surface area is 131 Å². The molecular weight excluding hydrogens is 342 g/mol. The van der Waals surface area contributed by atoms with Crippen LogP contribution in [0.4, 0.5) is 0 Å². The molecule has 0 aliphatic carbocycles. The van der Waals surface area contributed by atoms with E-state index in [1.807, 2.05) is 26.8 Å².